The molecule has 1 heteroatoms. The Morgan fingerprint density at radius 1 is 0.476 bits per heavy atom. The zero-order valence-electron chi connectivity index (χ0n) is 13.3. The fourth-order valence-corrected chi connectivity index (χ4v) is 8.79. The molecule has 0 saturated heterocycles. The summed E-state index contributed by atoms with van der Waals surface area (Å²) in [5.41, 5.74) is 0. The van der Waals surface area contributed by atoms with Crippen LogP contribution >= 0.6 is 0 Å². The third-order valence-electron chi connectivity index (χ3n) is 9.29. The van der Waals surface area contributed by atoms with E-state index in [1.54, 1.807) is 64.2 Å². The normalized spacial score (nSPS) is 63.4. The average molecular weight is 285 g/mol. The van der Waals surface area contributed by atoms with E-state index in [0.29, 0.717) is 0 Å². The molecule has 1 nitrogen and oxygen atoms in total. The molecular weight excluding hydrogens is 254 g/mol. The summed E-state index contributed by atoms with van der Waals surface area (Å²) in [5.74, 6) is 9.01. The first kappa shape index (κ1) is 12.4. The average Bonchev–Trinajstić information content (AvgIpc) is 3.26. The predicted molar refractivity (Wildman–Crippen MR) is 84.8 cm³/mol. The number of rotatable bonds is 2. The summed E-state index contributed by atoms with van der Waals surface area (Å²) >= 11 is 0. The zero-order valence-corrected chi connectivity index (χ0v) is 13.3. The van der Waals surface area contributed by atoms with Gasteiger partial charge in [-0.3, -0.25) is 0 Å². The number of hydrogen-bond donors (Lipinski definition) is 1. The van der Waals surface area contributed by atoms with E-state index in [1.165, 1.54) is 0 Å². The molecule has 10 atom stereocenters. The predicted octanol–water partition coefficient (Wildman–Crippen LogP) is 4.23. The first-order valence-electron chi connectivity index (χ1n) is 10.1. The lowest BCUT2D eigenvalue weighted by Gasteiger charge is -2.38. The van der Waals surface area contributed by atoms with Gasteiger partial charge in [-0.1, -0.05) is 12.8 Å². The van der Waals surface area contributed by atoms with Gasteiger partial charge in [-0.25, -0.2) is 0 Å². The smallest absolute Gasteiger partial charge is 0.0104 e. The molecule has 0 heterocycles. The quantitative estimate of drug-likeness (QED) is 0.801. The summed E-state index contributed by atoms with van der Waals surface area (Å²) in [7, 11) is 0. The SMILES string of the molecule is C1CC2C3CC(NC4CC5CC4C4CCCC54)C(C3)C2C1. The molecule has 4 bridgehead atoms. The Bertz CT molecular complexity index is 405. The van der Waals surface area contributed by atoms with Gasteiger partial charge in [-0.05, 0) is 98.7 Å². The molecule has 6 aliphatic rings. The lowest BCUT2D eigenvalue weighted by Crippen LogP contribution is -2.48. The summed E-state index contributed by atoms with van der Waals surface area (Å²) in [6, 6.07) is 1.86. The van der Waals surface area contributed by atoms with Gasteiger partial charge >= 0.3 is 0 Å². The molecule has 0 aliphatic heterocycles. The Morgan fingerprint density at radius 3 is 1.48 bits per heavy atom. The Morgan fingerprint density at radius 2 is 0.952 bits per heavy atom. The first-order valence-corrected chi connectivity index (χ1v) is 10.1. The number of nitrogens with one attached hydrogen (secondary N) is 1. The Hall–Kier alpha value is -0.0400. The summed E-state index contributed by atoms with van der Waals surface area (Å²) in [6.45, 7) is 0. The lowest BCUT2D eigenvalue weighted by atomic mass is 9.76. The molecule has 0 spiro atoms. The second-order valence-corrected chi connectivity index (χ2v) is 9.69. The highest BCUT2D eigenvalue weighted by atomic mass is 15.0. The van der Waals surface area contributed by atoms with Gasteiger partial charge in [0.2, 0.25) is 0 Å². The highest BCUT2D eigenvalue weighted by Crippen LogP contribution is 2.61. The first-order chi connectivity index (χ1) is 10.4. The fourth-order valence-electron chi connectivity index (χ4n) is 8.79. The van der Waals surface area contributed by atoms with E-state index in [2.05, 4.69) is 5.32 Å². The molecule has 6 aliphatic carbocycles. The van der Waals surface area contributed by atoms with E-state index in [1.807, 2.05) is 0 Å². The van der Waals surface area contributed by atoms with Crippen molar-refractivity contribution in [2.75, 3.05) is 0 Å². The van der Waals surface area contributed by atoms with Crippen LogP contribution in [0.15, 0.2) is 0 Å². The molecule has 0 aromatic carbocycles. The van der Waals surface area contributed by atoms with Gasteiger partial charge in [-0.2, -0.15) is 0 Å². The van der Waals surface area contributed by atoms with E-state index in [4.69, 9.17) is 0 Å². The third-order valence-corrected chi connectivity index (χ3v) is 9.29. The second kappa shape index (κ2) is 4.28. The van der Waals surface area contributed by atoms with Crippen LogP contribution in [0, 0.1) is 47.3 Å². The van der Waals surface area contributed by atoms with Crippen molar-refractivity contribution in [1.82, 2.24) is 5.32 Å². The summed E-state index contributed by atoms with van der Waals surface area (Å²) in [4.78, 5) is 0. The minimum atomic E-state index is 0.929. The van der Waals surface area contributed by atoms with Crippen LogP contribution in [-0.2, 0) is 0 Å². The van der Waals surface area contributed by atoms with Crippen LogP contribution < -0.4 is 5.32 Å². The molecule has 6 rings (SSSR count). The van der Waals surface area contributed by atoms with Crippen LogP contribution in [0.5, 0.6) is 0 Å². The molecule has 116 valence electrons. The maximum absolute atomic E-state index is 4.27. The van der Waals surface area contributed by atoms with Crippen LogP contribution in [0.1, 0.15) is 64.2 Å². The summed E-state index contributed by atoms with van der Waals surface area (Å²) < 4.78 is 0. The molecular formula is C20H31N. The monoisotopic (exact) mass is 285 g/mol. The fraction of sp³-hybridized carbons (Fsp3) is 1.00. The Labute approximate surface area is 129 Å². The maximum atomic E-state index is 4.27. The molecule has 0 radical (unpaired) electrons. The van der Waals surface area contributed by atoms with E-state index < -0.39 is 0 Å². The lowest BCUT2D eigenvalue weighted by molar-refractivity contribution is 0.153. The molecule has 0 amide bonds. The van der Waals surface area contributed by atoms with Crippen LogP contribution in [-0.4, -0.2) is 12.1 Å². The van der Waals surface area contributed by atoms with Crippen molar-refractivity contribution in [3.63, 3.8) is 0 Å². The molecule has 6 fully saturated rings. The van der Waals surface area contributed by atoms with Crippen molar-refractivity contribution in [2.45, 2.75) is 76.3 Å². The van der Waals surface area contributed by atoms with Crippen molar-refractivity contribution in [3.8, 4) is 0 Å². The van der Waals surface area contributed by atoms with Gasteiger partial charge in [0.15, 0.2) is 0 Å². The van der Waals surface area contributed by atoms with Crippen molar-refractivity contribution < 1.29 is 0 Å². The van der Waals surface area contributed by atoms with Gasteiger partial charge in [0.25, 0.3) is 0 Å². The molecule has 0 aromatic heterocycles. The molecule has 0 aromatic rings. The zero-order chi connectivity index (χ0) is 13.6. The summed E-state index contributed by atoms with van der Waals surface area (Å²) in [5, 5.41) is 4.27. The Kier molecular flexibility index (Phi) is 2.52. The minimum Gasteiger partial charge on any atom is -0.311 e. The van der Waals surface area contributed by atoms with Crippen molar-refractivity contribution in [1.29, 1.82) is 0 Å². The molecule has 21 heavy (non-hydrogen) atoms. The van der Waals surface area contributed by atoms with Crippen LogP contribution in [0.2, 0.25) is 0 Å². The van der Waals surface area contributed by atoms with Gasteiger partial charge < -0.3 is 5.32 Å². The van der Waals surface area contributed by atoms with Gasteiger partial charge in [0.05, 0.1) is 0 Å². The van der Waals surface area contributed by atoms with Gasteiger partial charge in [0, 0.05) is 12.1 Å². The van der Waals surface area contributed by atoms with Gasteiger partial charge in [-0.15, -0.1) is 0 Å². The second-order valence-electron chi connectivity index (χ2n) is 9.69. The maximum Gasteiger partial charge on any atom is 0.0104 e. The van der Waals surface area contributed by atoms with E-state index in [9.17, 15) is 0 Å². The van der Waals surface area contributed by atoms with E-state index >= 15 is 0 Å². The molecule has 6 saturated carbocycles. The topological polar surface area (TPSA) is 12.0 Å². The van der Waals surface area contributed by atoms with Crippen LogP contribution in [0.4, 0.5) is 0 Å². The number of hydrogen-bond acceptors (Lipinski definition) is 1. The van der Waals surface area contributed by atoms with Gasteiger partial charge in [0.1, 0.15) is 0 Å². The Balaban J connectivity index is 1.18. The largest absolute Gasteiger partial charge is 0.311 e. The van der Waals surface area contributed by atoms with E-state index in [-0.39, 0.29) is 0 Å². The van der Waals surface area contributed by atoms with Crippen LogP contribution in [0.25, 0.3) is 0 Å². The van der Waals surface area contributed by atoms with Crippen LogP contribution in [0.3, 0.4) is 0 Å². The van der Waals surface area contributed by atoms with Crippen molar-refractivity contribution in [2.24, 2.45) is 47.3 Å². The minimum absolute atomic E-state index is 0.929. The third kappa shape index (κ3) is 1.57. The number of fused-ring (bicyclic) bond motifs is 10. The highest BCUT2D eigenvalue weighted by Gasteiger charge is 2.57. The van der Waals surface area contributed by atoms with E-state index in [0.717, 1.165) is 59.4 Å². The standard InChI is InChI=1S/C20H31N/c1-3-13-11-7-17(15(13)5-1)19(9-11)21-20-10-12-8-18(20)16-6-2-4-14(12)16/h11-21H,1-10H2. The van der Waals surface area contributed by atoms with Crippen molar-refractivity contribution >= 4 is 0 Å². The molecule has 10 unspecified atom stereocenters. The highest BCUT2D eigenvalue weighted by molar-refractivity contribution is 5.10. The van der Waals surface area contributed by atoms with Crippen molar-refractivity contribution in [3.05, 3.63) is 0 Å². The summed E-state index contributed by atoms with van der Waals surface area (Å²) in [6.07, 6.45) is 15.7. The molecule has 1 N–H and O–H groups in total.